The van der Waals surface area contributed by atoms with Crippen LogP contribution in [0, 0.1) is 0 Å². The third-order valence-corrected chi connectivity index (χ3v) is 9.12. The molecule has 5 aliphatic heterocycles. The maximum Gasteiger partial charge on any atom is 0.341 e. The Morgan fingerprint density at radius 2 is 0.875 bits per heavy atom. The second-order valence-corrected chi connectivity index (χ2v) is 12.2. The highest BCUT2D eigenvalue weighted by atomic mass is 79.9. The molecule has 0 saturated heterocycles. The van der Waals surface area contributed by atoms with Gasteiger partial charge in [-0.05, 0) is 92.6 Å². The first kappa shape index (κ1) is 31.2. The molecule has 2 aromatic rings. The Morgan fingerprint density at radius 3 is 1.29 bits per heavy atom. The Kier molecular flexibility index (Phi) is 8.42. The van der Waals surface area contributed by atoms with Crippen LogP contribution in [-0.2, 0) is 9.59 Å². The Morgan fingerprint density at radius 1 is 0.521 bits per heavy atom. The number of rotatable bonds is 8. The molecule has 0 atom stereocenters. The summed E-state index contributed by atoms with van der Waals surface area (Å²) >= 11 is 7.44. The fourth-order valence-electron chi connectivity index (χ4n) is 5.45. The number of aliphatic imine (C=N–C) groups is 4. The molecule has 0 saturated carbocycles. The predicted molar refractivity (Wildman–Crippen MR) is 191 cm³/mol. The summed E-state index contributed by atoms with van der Waals surface area (Å²) in [6, 6.07) is 14.4. The maximum atomic E-state index is 11.4. The lowest BCUT2D eigenvalue weighted by Crippen LogP contribution is -2.11. The van der Waals surface area contributed by atoms with Crippen molar-refractivity contribution in [3.05, 3.63) is 140 Å². The zero-order valence-electron chi connectivity index (χ0n) is 24.7. The fraction of sp³-hybridized carbons (Fsp3) is 0.0556. The zero-order valence-corrected chi connectivity index (χ0v) is 27.9. The lowest BCUT2D eigenvalue weighted by atomic mass is 9.98. The number of allylic oxidation sites excluding steroid dienone is 12. The summed E-state index contributed by atoms with van der Waals surface area (Å²) in [6.07, 6.45) is 14.9. The number of para-hydroxylation sites is 2. The average molecular weight is 766 g/mol. The molecule has 0 aliphatic carbocycles. The molecule has 0 spiro atoms. The molecule has 7 rings (SSSR count). The summed E-state index contributed by atoms with van der Waals surface area (Å²) < 4.78 is 12.6. The fourth-order valence-corrected chi connectivity index (χ4v) is 6.33. The van der Waals surface area contributed by atoms with Crippen LogP contribution in [-0.4, -0.2) is 58.2 Å². The summed E-state index contributed by atoms with van der Waals surface area (Å²) in [5.74, 6) is -1.42. The normalized spacial score (nSPS) is 17.7. The zero-order chi connectivity index (χ0) is 33.4. The number of benzene rings is 2. The van der Waals surface area contributed by atoms with Crippen LogP contribution in [0.1, 0.15) is 11.1 Å². The van der Waals surface area contributed by atoms with E-state index in [-0.39, 0.29) is 0 Å². The summed E-state index contributed by atoms with van der Waals surface area (Å²) in [4.78, 5) is 42.6. The van der Waals surface area contributed by atoms with E-state index in [9.17, 15) is 19.8 Å². The lowest BCUT2D eigenvalue weighted by Gasteiger charge is -2.14. The number of hydrogen-bond donors (Lipinski definition) is 2. The van der Waals surface area contributed by atoms with Crippen molar-refractivity contribution in [1.82, 2.24) is 0 Å². The first-order chi connectivity index (χ1) is 23.3. The standard InChI is InChI=1S/C36H22Br2N4O6/c37-35-25-13-9-21(39-25)33(19-5-1-3-7-29(19)47-17-31(43)44)22-10-14-26(40-22)36(38)28-16-12-24(42-28)34(23-11-15-27(35)41-23)20-6-2-4-8-30(20)48-18-32(45)46/h1-16H,17-18H2,(H,43,44)(H,45,46). The topological polar surface area (TPSA) is 142 Å². The lowest BCUT2D eigenvalue weighted by molar-refractivity contribution is -0.140. The van der Waals surface area contributed by atoms with Crippen molar-refractivity contribution >= 4 is 77.8 Å². The van der Waals surface area contributed by atoms with E-state index in [1.165, 1.54) is 0 Å². The molecular weight excluding hydrogens is 744 g/mol. The van der Waals surface area contributed by atoms with Crippen molar-refractivity contribution in [3.63, 3.8) is 0 Å². The van der Waals surface area contributed by atoms with Gasteiger partial charge < -0.3 is 19.7 Å². The van der Waals surface area contributed by atoms with Crippen LogP contribution in [0.3, 0.4) is 0 Å². The van der Waals surface area contributed by atoms with Gasteiger partial charge in [-0.15, -0.1) is 0 Å². The Labute approximate surface area is 290 Å². The third kappa shape index (κ3) is 6.03. The summed E-state index contributed by atoms with van der Waals surface area (Å²) in [6.45, 7) is -1.01. The van der Waals surface area contributed by atoms with E-state index < -0.39 is 25.2 Å². The van der Waals surface area contributed by atoms with Crippen LogP contribution in [0.4, 0.5) is 0 Å². The number of ether oxygens (including phenoxy) is 2. The van der Waals surface area contributed by atoms with E-state index >= 15 is 0 Å². The highest BCUT2D eigenvalue weighted by Gasteiger charge is 2.27. The second kappa shape index (κ2) is 13.0. The van der Waals surface area contributed by atoms with Gasteiger partial charge in [-0.3, -0.25) is 0 Å². The molecule has 0 fully saturated rings. The summed E-state index contributed by atoms with van der Waals surface area (Å²) in [5, 5.41) is 18.6. The van der Waals surface area contributed by atoms with Gasteiger partial charge in [0.25, 0.3) is 0 Å². The van der Waals surface area contributed by atoms with Crippen LogP contribution < -0.4 is 9.47 Å². The predicted octanol–water partition coefficient (Wildman–Crippen LogP) is 7.01. The SMILES string of the molecule is O=C(O)COc1ccccc1C1=C2C=CC(=N2)C(Br)=C2C=CC(=N2)C(c2ccccc2OCC(=O)O)=C2C=CC(=N2)C(Br)=C2C=CC1=N2. The maximum absolute atomic E-state index is 11.4. The molecule has 0 unspecified atom stereocenters. The minimum atomic E-state index is -1.09. The molecular formula is C36H22Br2N4O6. The van der Waals surface area contributed by atoms with E-state index in [1.807, 2.05) is 72.9 Å². The highest BCUT2D eigenvalue weighted by molar-refractivity contribution is 9.12. The first-order valence-corrected chi connectivity index (χ1v) is 16.1. The number of fused-ring (bicyclic) bond motifs is 4. The van der Waals surface area contributed by atoms with Gasteiger partial charge >= 0.3 is 11.9 Å². The average Bonchev–Trinajstić information content (AvgIpc) is 3.91. The van der Waals surface area contributed by atoms with E-state index in [4.69, 9.17) is 29.4 Å². The largest absolute Gasteiger partial charge is 0.481 e. The van der Waals surface area contributed by atoms with Gasteiger partial charge in [-0.1, -0.05) is 36.4 Å². The van der Waals surface area contributed by atoms with Crippen LogP contribution in [0.25, 0.3) is 11.1 Å². The molecule has 2 aromatic carbocycles. The van der Waals surface area contributed by atoms with Gasteiger partial charge in [0.15, 0.2) is 13.2 Å². The van der Waals surface area contributed by atoms with Crippen LogP contribution in [0.5, 0.6) is 11.5 Å². The number of hydrogen-bond acceptors (Lipinski definition) is 8. The number of nitrogens with zero attached hydrogens (tertiary/aromatic N) is 4. The van der Waals surface area contributed by atoms with Gasteiger partial charge in [0, 0.05) is 22.3 Å². The van der Waals surface area contributed by atoms with Crippen molar-refractivity contribution < 1.29 is 29.3 Å². The number of carbonyl (C=O) groups is 2. The molecule has 0 aromatic heterocycles. The second-order valence-electron chi connectivity index (χ2n) is 10.6. The van der Waals surface area contributed by atoms with Crippen molar-refractivity contribution in [2.24, 2.45) is 20.0 Å². The Bertz CT molecular complexity index is 2050. The Hall–Kier alpha value is -5.46. The number of aliphatic carboxylic acids is 2. The van der Waals surface area contributed by atoms with Gasteiger partial charge in [0.05, 0.1) is 54.6 Å². The minimum Gasteiger partial charge on any atom is -0.481 e. The molecule has 0 radical (unpaired) electrons. The molecule has 236 valence electrons. The van der Waals surface area contributed by atoms with E-state index in [1.54, 1.807) is 24.3 Å². The molecule has 8 bridgehead atoms. The molecule has 10 nitrogen and oxygen atoms in total. The molecule has 5 heterocycles. The molecule has 48 heavy (non-hydrogen) atoms. The van der Waals surface area contributed by atoms with Gasteiger partial charge in [0.2, 0.25) is 0 Å². The first-order valence-electron chi connectivity index (χ1n) is 14.5. The van der Waals surface area contributed by atoms with Gasteiger partial charge in [-0.2, -0.15) is 0 Å². The molecule has 0 amide bonds. The van der Waals surface area contributed by atoms with Crippen LogP contribution in [0.2, 0.25) is 0 Å². The van der Waals surface area contributed by atoms with Crippen LogP contribution >= 0.6 is 31.9 Å². The molecule has 5 aliphatic rings. The summed E-state index contributed by atoms with van der Waals surface area (Å²) in [7, 11) is 0. The van der Waals surface area contributed by atoms with Gasteiger partial charge in [0.1, 0.15) is 11.5 Å². The molecule has 12 heteroatoms. The smallest absolute Gasteiger partial charge is 0.341 e. The Balaban J connectivity index is 1.44. The number of carboxylic acids is 2. The molecule has 2 N–H and O–H groups in total. The third-order valence-electron chi connectivity index (χ3n) is 7.50. The monoisotopic (exact) mass is 764 g/mol. The van der Waals surface area contributed by atoms with Crippen molar-refractivity contribution in [2.45, 2.75) is 0 Å². The summed E-state index contributed by atoms with van der Waals surface area (Å²) in [5.41, 5.74) is 7.41. The highest BCUT2D eigenvalue weighted by Crippen LogP contribution is 2.39. The number of carboxylic acid groups (broad SMARTS) is 2. The van der Waals surface area contributed by atoms with Crippen LogP contribution in [0.15, 0.2) is 149 Å². The number of halogens is 2. The van der Waals surface area contributed by atoms with E-state index in [2.05, 4.69) is 31.9 Å². The minimum absolute atomic E-state index is 0.380. The van der Waals surface area contributed by atoms with Gasteiger partial charge in [-0.25, -0.2) is 29.6 Å². The van der Waals surface area contributed by atoms with E-state index in [0.29, 0.717) is 88.4 Å². The van der Waals surface area contributed by atoms with Crippen molar-refractivity contribution in [1.29, 1.82) is 0 Å². The van der Waals surface area contributed by atoms with E-state index in [0.717, 1.165) is 0 Å². The van der Waals surface area contributed by atoms with Crippen molar-refractivity contribution in [3.8, 4) is 11.5 Å². The van der Waals surface area contributed by atoms with Crippen molar-refractivity contribution in [2.75, 3.05) is 13.2 Å². The quantitative estimate of drug-likeness (QED) is 0.296.